The standard InChI is InChI=1S/C10H20N2/c1-8-5-10(6-8)11-9-3-4-12(2)7-9/h8-11H,3-7H2,1-2H3. The summed E-state index contributed by atoms with van der Waals surface area (Å²) in [6, 6.07) is 1.63. The van der Waals surface area contributed by atoms with Gasteiger partial charge < -0.3 is 10.2 Å². The average molecular weight is 168 g/mol. The van der Waals surface area contributed by atoms with Gasteiger partial charge in [-0.1, -0.05) is 6.92 Å². The van der Waals surface area contributed by atoms with Crippen LogP contribution >= 0.6 is 0 Å². The van der Waals surface area contributed by atoms with Gasteiger partial charge in [0.25, 0.3) is 0 Å². The molecule has 1 saturated carbocycles. The third-order valence-electron chi connectivity index (χ3n) is 3.24. The molecule has 1 N–H and O–H groups in total. The smallest absolute Gasteiger partial charge is 0.0209 e. The molecule has 2 heteroatoms. The topological polar surface area (TPSA) is 15.3 Å². The van der Waals surface area contributed by atoms with Crippen LogP contribution in [0.4, 0.5) is 0 Å². The lowest BCUT2D eigenvalue weighted by atomic mass is 9.81. The van der Waals surface area contributed by atoms with Crippen molar-refractivity contribution in [1.82, 2.24) is 10.2 Å². The second kappa shape index (κ2) is 3.35. The average Bonchev–Trinajstić information content (AvgIpc) is 2.33. The van der Waals surface area contributed by atoms with Crippen molar-refractivity contribution in [2.75, 3.05) is 20.1 Å². The summed E-state index contributed by atoms with van der Waals surface area (Å²) >= 11 is 0. The van der Waals surface area contributed by atoms with Crippen molar-refractivity contribution in [2.24, 2.45) is 5.92 Å². The van der Waals surface area contributed by atoms with E-state index in [1.54, 1.807) is 0 Å². The second-order valence-corrected chi connectivity index (χ2v) is 4.69. The van der Waals surface area contributed by atoms with Gasteiger partial charge in [-0.15, -0.1) is 0 Å². The molecule has 2 fully saturated rings. The lowest BCUT2D eigenvalue weighted by Gasteiger charge is -2.35. The molecule has 1 unspecified atom stereocenters. The molecule has 0 aromatic carbocycles. The van der Waals surface area contributed by atoms with E-state index in [0.29, 0.717) is 0 Å². The van der Waals surface area contributed by atoms with Gasteiger partial charge in [-0.3, -0.25) is 0 Å². The number of hydrogen-bond acceptors (Lipinski definition) is 2. The zero-order chi connectivity index (χ0) is 8.55. The molecule has 70 valence electrons. The van der Waals surface area contributed by atoms with Crippen LogP contribution in [0.5, 0.6) is 0 Å². The SMILES string of the molecule is CC1CC(NC2CCN(C)C2)C1. The van der Waals surface area contributed by atoms with Crippen LogP contribution in [-0.4, -0.2) is 37.1 Å². The fourth-order valence-electron chi connectivity index (χ4n) is 2.44. The van der Waals surface area contributed by atoms with Crippen LogP contribution in [0.3, 0.4) is 0 Å². The molecule has 2 nitrogen and oxygen atoms in total. The molecular formula is C10H20N2. The summed E-state index contributed by atoms with van der Waals surface area (Å²) in [5, 5.41) is 3.73. The molecule has 1 aliphatic heterocycles. The summed E-state index contributed by atoms with van der Waals surface area (Å²) < 4.78 is 0. The highest BCUT2D eigenvalue weighted by Crippen LogP contribution is 2.27. The van der Waals surface area contributed by atoms with Crippen LogP contribution in [0.25, 0.3) is 0 Å². The molecule has 1 heterocycles. The van der Waals surface area contributed by atoms with Crippen molar-refractivity contribution >= 4 is 0 Å². The van der Waals surface area contributed by atoms with Gasteiger partial charge in [0.05, 0.1) is 0 Å². The second-order valence-electron chi connectivity index (χ2n) is 4.69. The van der Waals surface area contributed by atoms with E-state index in [1.165, 1.54) is 32.4 Å². The highest BCUT2D eigenvalue weighted by atomic mass is 15.2. The predicted octanol–water partition coefficient (Wildman–Crippen LogP) is 1.08. The van der Waals surface area contributed by atoms with Crippen molar-refractivity contribution in [2.45, 2.75) is 38.3 Å². The Morgan fingerprint density at radius 2 is 2.00 bits per heavy atom. The van der Waals surface area contributed by atoms with Crippen molar-refractivity contribution in [3.63, 3.8) is 0 Å². The van der Waals surface area contributed by atoms with Gasteiger partial charge in [0, 0.05) is 18.6 Å². The van der Waals surface area contributed by atoms with Crippen LogP contribution in [0.2, 0.25) is 0 Å². The first-order chi connectivity index (χ1) is 5.74. The molecule has 12 heavy (non-hydrogen) atoms. The summed E-state index contributed by atoms with van der Waals surface area (Å²) in [6.07, 6.45) is 4.15. The maximum Gasteiger partial charge on any atom is 0.0209 e. The Balaban J connectivity index is 1.67. The van der Waals surface area contributed by atoms with E-state index in [-0.39, 0.29) is 0 Å². The van der Waals surface area contributed by atoms with Gasteiger partial charge in [-0.2, -0.15) is 0 Å². The van der Waals surface area contributed by atoms with Crippen LogP contribution in [0.1, 0.15) is 26.2 Å². The van der Waals surface area contributed by atoms with Gasteiger partial charge >= 0.3 is 0 Å². The minimum atomic E-state index is 0.785. The summed E-state index contributed by atoms with van der Waals surface area (Å²) in [6.45, 7) is 4.88. The van der Waals surface area contributed by atoms with Crippen LogP contribution in [-0.2, 0) is 0 Å². The van der Waals surface area contributed by atoms with Gasteiger partial charge in [-0.25, -0.2) is 0 Å². The van der Waals surface area contributed by atoms with E-state index in [2.05, 4.69) is 24.2 Å². The number of hydrogen-bond donors (Lipinski definition) is 1. The molecule has 1 aliphatic carbocycles. The van der Waals surface area contributed by atoms with E-state index in [4.69, 9.17) is 0 Å². The first-order valence-corrected chi connectivity index (χ1v) is 5.18. The summed E-state index contributed by atoms with van der Waals surface area (Å²) in [5.41, 5.74) is 0. The van der Waals surface area contributed by atoms with Gasteiger partial charge in [0.15, 0.2) is 0 Å². The van der Waals surface area contributed by atoms with Crippen LogP contribution in [0, 0.1) is 5.92 Å². The highest BCUT2D eigenvalue weighted by molar-refractivity contribution is 4.88. The van der Waals surface area contributed by atoms with Crippen LogP contribution < -0.4 is 5.32 Å². The fraction of sp³-hybridized carbons (Fsp3) is 1.00. The first kappa shape index (κ1) is 8.52. The zero-order valence-corrected chi connectivity index (χ0v) is 8.21. The van der Waals surface area contributed by atoms with E-state index in [9.17, 15) is 0 Å². The van der Waals surface area contributed by atoms with Crippen molar-refractivity contribution < 1.29 is 0 Å². The van der Waals surface area contributed by atoms with E-state index in [0.717, 1.165) is 18.0 Å². The summed E-state index contributed by atoms with van der Waals surface area (Å²) in [5.74, 6) is 0.974. The molecule has 0 aromatic rings. The van der Waals surface area contributed by atoms with Crippen molar-refractivity contribution in [3.8, 4) is 0 Å². The molecule has 0 bridgehead atoms. The Morgan fingerprint density at radius 3 is 2.50 bits per heavy atom. The maximum atomic E-state index is 3.73. The van der Waals surface area contributed by atoms with Crippen molar-refractivity contribution in [3.05, 3.63) is 0 Å². The lowest BCUT2D eigenvalue weighted by Crippen LogP contribution is -2.46. The molecule has 0 radical (unpaired) electrons. The lowest BCUT2D eigenvalue weighted by molar-refractivity contribution is 0.222. The Kier molecular flexibility index (Phi) is 2.37. The Morgan fingerprint density at radius 1 is 1.25 bits per heavy atom. The number of nitrogens with one attached hydrogen (secondary N) is 1. The number of likely N-dealkylation sites (tertiary alicyclic amines) is 1. The van der Waals surface area contributed by atoms with Gasteiger partial charge in [0.1, 0.15) is 0 Å². The Hall–Kier alpha value is -0.0800. The summed E-state index contributed by atoms with van der Waals surface area (Å²) in [7, 11) is 2.21. The molecule has 2 aliphatic rings. The normalized spacial score (nSPS) is 43.0. The first-order valence-electron chi connectivity index (χ1n) is 5.18. The van der Waals surface area contributed by atoms with Crippen LogP contribution in [0.15, 0.2) is 0 Å². The molecule has 1 saturated heterocycles. The van der Waals surface area contributed by atoms with E-state index < -0.39 is 0 Å². The Bertz CT molecular complexity index is 152. The largest absolute Gasteiger partial charge is 0.310 e. The monoisotopic (exact) mass is 168 g/mol. The molecule has 1 atom stereocenters. The quantitative estimate of drug-likeness (QED) is 0.663. The molecular weight excluding hydrogens is 148 g/mol. The Labute approximate surface area is 75.3 Å². The third-order valence-corrected chi connectivity index (χ3v) is 3.24. The number of likely N-dealkylation sites (N-methyl/N-ethyl adjacent to an activating group) is 1. The molecule has 2 rings (SSSR count). The maximum absolute atomic E-state index is 3.73. The fourth-order valence-corrected chi connectivity index (χ4v) is 2.44. The van der Waals surface area contributed by atoms with E-state index >= 15 is 0 Å². The molecule has 0 aromatic heterocycles. The zero-order valence-electron chi connectivity index (χ0n) is 8.21. The highest BCUT2D eigenvalue weighted by Gasteiger charge is 2.29. The predicted molar refractivity (Wildman–Crippen MR) is 51.2 cm³/mol. The van der Waals surface area contributed by atoms with Crippen molar-refractivity contribution in [1.29, 1.82) is 0 Å². The van der Waals surface area contributed by atoms with Gasteiger partial charge in [-0.05, 0) is 38.8 Å². The number of rotatable bonds is 2. The van der Waals surface area contributed by atoms with E-state index in [1.807, 2.05) is 0 Å². The van der Waals surface area contributed by atoms with Gasteiger partial charge in [0.2, 0.25) is 0 Å². The molecule has 0 spiro atoms. The molecule has 0 amide bonds. The number of nitrogens with zero attached hydrogens (tertiary/aromatic N) is 1. The minimum absolute atomic E-state index is 0.785. The third kappa shape index (κ3) is 1.80. The summed E-state index contributed by atoms with van der Waals surface area (Å²) in [4.78, 5) is 2.42. The minimum Gasteiger partial charge on any atom is -0.310 e.